The molecule has 1 aromatic rings. The van der Waals surface area contributed by atoms with E-state index >= 15 is 0 Å². The Bertz CT molecular complexity index is 557. The second-order valence-electron chi connectivity index (χ2n) is 5.39. The van der Waals surface area contributed by atoms with Crippen LogP contribution in [0.4, 0.5) is 0 Å². The molecule has 0 N–H and O–H groups in total. The lowest BCUT2D eigenvalue weighted by atomic mass is 10.0. The van der Waals surface area contributed by atoms with Crippen molar-refractivity contribution in [2.24, 2.45) is 5.92 Å². The Labute approximate surface area is 140 Å². The monoisotopic (exact) mass is 394 g/mol. The molecule has 118 valence electrons. The number of hydrogen-bond acceptors (Lipinski definition) is 2. The lowest BCUT2D eigenvalue weighted by molar-refractivity contribution is 0.271. The van der Waals surface area contributed by atoms with E-state index in [9.17, 15) is 8.42 Å². The Morgan fingerprint density at radius 3 is 2.38 bits per heavy atom. The number of halogens is 2. The third-order valence-corrected chi connectivity index (χ3v) is 6.73. The molecule has 0 unspecified atom stereocenters. The van der Waals surface area contributed by atoms with E-state index < -0.39 is 10.2 Å². The maximum Gasteiger partial charge on any atom is 0.282 e. The van der Waals surface area contributed by atoms with E-state index in [0.717, 1.165) is 22.9 Å². The van der Waals surface area contributed by atoms with Gasteiger partial charge in [-0.1, -0.05) is 28.1 Å². The van der Waals surface area contributed by atoms with Crippen LogP contribution in [0.25, 0.3) is 0 Å². The van der Waals surface area contributed by atoms with Crippen LogP contribution in [-0.2, 0) is 16.8 Å². The van der Waals surface area contributed by atoms with E-state index in [4.69, 9.17) is 11.6 Å². The largest absolute Gasteiger partial charge is 0.282 e. The van der Waals surface area contributed by atoms with Gasteiger partial charge in [0.2, 0.25) is 0 Å². The molecule has 1 heterocycles. The molecule has 0 saturated carbocycles. The van der Waals surface area contributed by atoms with Crippen LogP contribution in [0.1, 0.15) is 18.4 Å². The van der Waals surface area contributed by atoms with E-state index in [-0.39, 0.29) is 0 Å². The number of nitrogens with zero attached hydrogens (tertiary/aromatic N) is 2. The van der Waals surface area contributed by atoms with E-state index in [0.29, 0.717) is 31.4 Å². The molecule has 1 fully saturated rings. The molecule has 21 heavy (non-hydrogen) atoms. The van der Waals surface area contributed by atoms with E-state index in [1.54, 1.807) is 11.4 Å². The van der Waals surface area contributed by atoms with Gasteiger partial charge in [-0.3, -0.25) is 0 Å². The highest BCUT2D eigenvalue weighted by Gasteiger charge is 2.30. The summed E-state index contributed by atoms with van der Waals surface area (Å²) in [5.41, 5.74) is 0.972. The van der Waals surface area contributed by atoms with Crippen molar-refractivity contribution in [1.29, 1.82) is 0 Å². The summed E-state index contributed by atoms with van der Waals surface area (Å²) < 4.78 is 29.1. The minimum atomic E-state index is -3.39. The van der Waals surface area contributed by atoms with Crippen molar-refractivity contribution in [2.45, 2.75) is 19.4 Å². The first-order valence-electron chi connectivity index (χ1n) is 6.95. The Morgan fingerprint density at radius 1 is 1.29 bits per heavy atom. The highest BCUT2D eigenvalue weighted by atomic mass is 79.9. The van der Waals surface area contributed by atoms with Crippen molar-refractivity contribution in [1.82, 2.24) is 8.61 Å². The molecule has 1 aliphatic heterocycles. The van der Waals surface area contributed by atoms with Crippen molar-refractivity contribution < 1.29 is 8.42 Å². The first-order chi connectivity index (χ1) is 9.93. The lowest BCUT2D eigenvalue weighted by Crippen LogP contribution is -2.45. The van der Waals surface area contributed by atoms with Gasteiger partial charge in [-0.25, -0.2) is 0 Å². The molecule has 0 spiro atoms. The normalized spacial score (nSPS) is 18.3. The summed E-state index contributed by atoms with van der Waals surface area (Å²) in [5, 5.41) is 0. The predicted octanol–water partition coefficient (Wildman–Crippen LogP) is 3.08. The van der Waals surface area contributed by atoms with E-state index in [2.05, 4.69) is 15.9 Å². The fourth-order valence-corrected chi connectivity index (χ4v) is 4.37. The van der Waals surface area contributed by atoms with Gasteiger partial charge in [0.1, 0.15) is 0 Å². The highest BCUT2D eigenvalue weighted by molar-refractivity contribution is 9.10. The quantitative estimate of drug-likeness (QED) is 0.719. The van der Waals surface area contributed by atoms with Crippen LogP contribution < -0.4 is 0 Å². The second kappa shape index (κ2) is 7.42. The molecule has 1 saturated heterocycles. The fourth-order valence-electron chi connectivity index (χ4n) is 2.42. The molecule has 0 radical (unpaired) electrons. The zero-order valence-electron chi connectivity index (χ0n) is 12.0. The van der Waals surface area contributed by atoms with E-state index in [1.807, 2.05) is 24.3 Å². The molecule has 0 bridgehead atoms. The van der Waals surface area contributed by atoms with Crippen molar-refractivity contribution in [3.63, 3.8) is 0 Å². The molecule has 0 aromatic heterocycles. The molecule has 0 aliphatic carbocycles. The van der Waals surface area contributed by atoms with Gasteiger partial charge < -0.3 is 0 Å². The van der Waals surface area contributed by atoms with Gasteiger partial charge in [0.25, 0.3) is 10.2 Å². The molecular formula is C14H20BrClN2O2S. The summed E-state index contributed by atoms with van der Waals surface area (Å²) in [7, 11) is -1.76. The van der Waals surface area contributed by atoms with Gasteiger partial charge in [-0.05, 0) is 36.5 Å². The van der Waals surface area contributed by atoms with Gasteiger partial charge in [0, 0.05) is 37.0 Å². The van der Waals surface area contributed by atoms with Gasteiger partial charge in [-0.15, -0.1) is 11.6 Å². The third-order valence-electron chi connectivity index (χ3n) is 3.83. The lowest BCUT2D eigenvalue weighted by Gasteiger charge is -2.33. The van der Waals surface area contributed by atoms with Crippen LogP contribution in [0, 0.1) is 5.92 Å². The molecule has 1 aliphatic rings. The van der Waals surface area contributed by atoms with Gasteiger partial charge in [0.05, 0.1) is 0 Å². The predicted molar refractivity (Wildman–Crippen MR) is 89.5 cm³/mol. The summed E-state index contributed by atoms with van der Waals surface area (Å²) in [6.07, 6.45) is 1.68. The maximum absolute atomic E-state index is 12.6. The van der Waals surface area contributed by atoms with Gasteiger partial charge in [0.15, 0.2) is 0 Å². The zero-order chi connectivity index (χ0) is 15.5. The molecular weight excluding hydrogens is 376 g/mol. The standard InChI is InChI=1S/C14H20BrClN2O2S/c1-17(11-13-2-4-14(15)5-3-13)21(19,20)18-8-6-12(10-16)7-9-18/h2-5,12H,6-11H2,1H3. The highest BCUT2D eigenvalue weighted by Crippen LogP contribution is 2.22. The third kappa shape index (κ3) is 4.42. The van der Waals surface area contributed by atoms with Crippen molar-refractivity contribution in [2.75, 3.05) is 26.0 Å². The zero-order valence-corrected chi connectivity index (χ0v) is 15.2. The first kappa shape index (κ1) is 17.2. The van der Waals surface area contributed by atoms with Crippen molar-refractivity contribution >= 4 is 37.7 Å². The maximum atomic E-state index is 12.6. The first-order valence-corrected chi connectivity index (χ1v) is 9.67. The van der Waals surface area contributed by atoms with Crippen LogP contribution in [0.5, 0.6) is 0 Å². The number of alkyl halides is 1. The summed E-state index contributed by atoms with van der Waals surface area (Å²) in [6, 6.07) is 7.69. The van der Waals surface area contributed by atoms with Gasteiger partial charge >= 0.3 is 0 Å². The topological polar surface area (TPSA) is 40.6 Å². The van der Waals surface area contributed by atoms with E-state index in [1.165, 1.54) is 4.31 Å². The second-order valence-corrected chi connectivity index (χ2v) is 8.65. The van der Waals surface area contributed by atoms with Crippen LogP contribution in [0.15, 0.2) is 28.7 Å². The van der Waals surface area contributed by atoms with Crippen LogP contribution in [-0.4, -0.2) is 43.0 Å². The smallest absolute Gasteiger partial charge is 0.195 e. The summed E-state index contributed by atoms with van der Waals surface area (Å²) in [6.45, 7) is 1.50. The number of benzene rings is 1. The molecule has 0 amide bonds. The minimum absolute atomic E-state index is 0.380. The number of rotatable bonds is 5. The van der Waals surface area contributed by atoms with Crippen molar-refractivity contribution in [3.05, 3.63) is 34.3 Å². The Balaban J connectivity index is 2.00. The fraction of sp³-hybridized carbons (Fsp3) is 0.571. The average molecular weight is 396 g/mol. The Kier molecular flexibility index (Phi) is 6.08. The van der Waals surface area contributed by atoms with Gasteiger partial charge in [-0.2, -0.15) is 17.0 Å². The number of hydrogen-bond donors (Lipinski definition) is 0. The summed E-state index contributed by atoms with van der Waals surface area (Å²) in [4.78, 5) is 0. The Hall–Kier alpha value is -0.140. The molecule has 0 atom stereocenters. The molecule has 4 nitrogen and oxygen atoms in total. The SMILES string of the molecule is CN(Cc1ccc(Br)cc1)S(=O)(=O)N1CCC(CCl)CC1. The molecule has 1 aromatic carbocycles. The molecule has 7 heteroatoms. The minimum Gasteiger partial charge on any atom is -0.195 e. The number of piperidine rings is 1. The summed E-state index contributed by atoms with van der Waals surface area (Å²) >= 11 is 9.22. The van der Waals surface area contributed by atoms with Crippen molar-refractivity contribution in [3.8, 4) is 0 Å². The summed E-state index contributed by atoms with van der Waals surface area (Å²) in [5.74, 6) is 1.05. The van der Waals surface area contributed by atoms with Crippen LogP contribution in [0.3, 0.4) is 0 Å². The van der Waals surface area contributed by atoms with Crippen LogP contribution in [0.2, 0.25) is 0 Å². The molecule has 2 rings (SSSR count). The average Bonchev–Trinajstić information content (AvgIpc) is 2.49. The van der Waals surface area contributed by atoms with Crippen LogP contribution >= 0.6 is 27.5 Å². The Morgan fingerprint density at radius 2 is 1.86 bits per heavy atom.